The number of fused-ring (bicyclic) bond motifs is 2. The van der Waals surface area contributed by atoms with Gasteiger partial charge in [0.25, 0.3) is 0 Å². The van der Waals surface area contributed by atoms with Crippen molar-refractivity contribution >= 4 is 18.1 Å². The van der Waals surface area contributed by atoms with Crippen molar-refractivity contribution in [3.63, 3.8) is 0 Å². The fourth-order valence-electron chi connectivity index (χ4n) is 9.12. The van der Waals surface area contributed by atoms with Crippen LogP contribution in [-0.4, -0.2) is 98.8 Å². The van der Waals surface area contributed by atoms with Crippen LogP contribution in [0.2, 0.25) is 0 Å². The van der Waals surface area contributed by atoms with Gasteiger partial charge in [0.05, 0.1) is 44.1 Å². The molecule has 6 rings (SSSR count). The molecule has 328 valence electrons. The fourth-order valence-corrected chi connectivity index (χ4v) is 9.12. The highest BCUT2D eigenvalue weighted by molar-refractivity contribution is 6.03. The van der Waals surface area contributed by atoms with E-state index < -0.39 is 23.8 Å². The van der Waals surface area contributed by atoms with Crippen molar-refractivity contribution in [2.24, 2.45) is 22.9 Å². The monoisotopic (exact) mass is 840 g/mol. The summed E-state index contributed by atoms with van der Waals surface area (Å²) in [5.74, 6) is -0.0587. The maximum atomic E-state index is 14.1. The molecule has 1 heterocycles. The van der Waals surface area contributed by atoms with E-state index in [9.17, 15) is 19.8 Å². The first-order chi connectivity index (χ1) is 29.8. The predicted octanol–water partition coefficient (Wildman–Crippen LogP) is 8.24. The molecule has 0 spiro atoms. The lowest BCUT2D eigenvalue weighted by Gasteiger charge is -2.59. The Morgan fingerprint density at radius 3 is 2.48 bits per heavy atom. The Morgan fingerprint density at radius 1 is 1.00 bits per heavy atom. The molecular formula is C48H60N2O11. The molecule has 13 nitrogen and oxygen atoms in total. The van der Waals surface area contributed by atoms with Crippen LogP contribution in [0.4, 0.5) is 4.79 Å². The van der Waals surface area contributed by atoms with E-state index in [0.717, 1.165) is 48.7 Å². The highest BCUT2D eigenvalue weighted by Crippen LogP contribution is 2.62. The number of aliphatic hydroxyl groups is 2. The fraction of sp³-hybridized carbons (Fsp3) is 0.479. The highest BCUT2D eigenvalue weighted by atomic mass is 16.7. The van der Waals surface area contributed by atoms with Crippen molar-refractivity contribution in [1.82, 2.24) is 4.90 Å². The molecule has 1 fully saturated rings. The van der Waals surface area contributed by atoms with Crippen LogP contribution < -0.4 is 14.2 Å². The number of rotatable bonds is 23. The molecule has 0 aromatic heterocycles. The third-order valence-corrected chi connectivity index (χ3v) is 11.8. The zero-order chi connectivity index (χ0) is 43.2. The van der Waals surface area contributed by atoms with Gasteiger partial charge in [-0.2, -0.15) is 0 Å². The quantitative estimate of drug-likeness (QED) is 0.0411. The average Bonchev–Trinajstić information content (AvgIpc) is 3.28. The van der Waals surface area contributed by atoms with Gasteiger partial charge in [-0.3, -0.25) is 4.79 Å². The van der Waals surface area contributed by atoms with Gasteiger partial charge in [-0.25, -0.2) is 4.79 Å². The van der Waals surface area contributed by atoms with Gasteiger partial charge in [-0.05, 0) is 92.0 Å². The maximum absolute atomic E-state index is 14.1. The molecule has 3 aliphatic rings. The Labute approximate surface area is 358 Å². The highest BCUT2D eigenvalue weighted by Gasteiger charge is 2.65. The van der Waals surface area contributed by atoms with Gasteiger partial charge in [-0.1, -0.05) is 60.5 Å². The normalized spacial score (nSPS) is 23.1. The molecule has 61 heavy (non-hydrogen) atoms. The van der Waals surface area contributed by atoms with Crippen molar-refractivity contribution < 1.29 is 53.1 Å². The molecule has 0 saturated heterocycles. The number of nitrogens with zero attached hydrogens (tertiary/aromatic N) is 2. The number of unbranched alkanes of at least 4 members (excludes halogenated alkanes) is 2. The number of amides is 1. The summed E-state index contributed by atoms with van der Waals surface area (Å²) in [7, 11) is 3.20. The van der Waals surface area contributed by atoms with Crippen molar-refractivity contribution in [3.8, 4) is 23.0 Å². The van der Waals surface area contributed by atoms with Gasteiger partial charge in [0.2, 0.25) is 5.79 Å². The lowest BCUT2D eigenvalue weighted by atomic mass is 9.55. The van der Waals surface area contributed by atoms with E-state index in [1.165, 1.54) is 7.11 Å². The topological polar surface area (TPSA) is 155 Å². The molecule has 3 aromatic carbocycles. The number of oxime groups is 1. The number of hydrogen-bond acceptors (Lipinski definition) is 12. The van der Waals surface area contributed by atoms with Gasteiger partial charge < -0.3 is 48.4 Å². The van der Waals surface area contributed by atoms with E-state index in [4.69, 9.17) is 38.4 Å². The first-order valence-electron chi connectivity index (χ1n) is 21.3. The largest absolute Gasteiger partial charge is 0.496 e. The van der Waals surface area contributed by atoms with E-state index in [2.05, 4.69) is 12.7 Å². The van der Waals surface area contributed by atoms with Gasteiger partial charge in [0, 0.05) is 38.2 Å². The van der Waals surface area contributed by atoms with Crippen LogP contribution in [0.1, 0.15) is 79.3 Å². The Morgan fingerprint density at radius 2 is 1.75 bits per heavy atom. The van der Waals surface area contributed by atoms with Crippen molar-refractivity contribution in [3.05, 3.63) is 108 Å². The number of methoxy groups -OCH3 is 1. The minimum absolute atomic E-state index is 0.0253. The molecule has 3 aromatic rings. The summed E-state index contributed by atoms with van der Waals surface area (Å²) < 4.78 is 37.5. The van der Waals surface area contributed by atoms with E-state index in [1.807, 2.05) is 55.5 Å². The van der Waals surface area contributed by atoms with Crippen LogP contribution in [-0.2, 0) is 25.7 Å². The standard InChI is InChI=1S/C48H60N2O11/c1-5-24-58-48-44(50(3)47(54)57-26-25-56-32-33-14-8-7-9-15-33)30-41(49-59-6-2)39-28-34(16-10-12-22-51)38(17-11-13-23-52)45(46(39)48)40-29-37(19-21-43(40)61-48)60-36-18-20-42(55-4)35(27-36)31-53/h5,7-9,14-15,18-21,27-29,31,34,38,44-46,51-52H,1,6,10-13,16-17,22-26,30,32H2,2-4H3/t34-,38+,44-,45+,46+,48+/m0/s1. The zero-order valence-electron chi connectivity index (χ0n) is 35.5. The van der Waals surface area contributed by atoms with Crippen LogP contribution in [0.25, 0.3) is 0 Å². The number of likely N-dealkylation sites (N-methyl/N-ethyl adjacent to an activating group) is 1. The molecule has 0 unspecified atom stereocenters. The third-order valence-electron chi connectivity index (χ3n) is 11.8. The number of carbonyl (C=O) groups excluding carboxylic acids is 2. The molecule has 1 aliphatic heterocycles. The number of aliphatic hydroxyl groups excluding tert-OH is 2. The lowest BCUT2D eigenvalue weighted by Crippen LogP contribution is -2.69. The average molecular weight is 841 g/mol. The SMILES string of the molecule is C=CCO[C@@]12Oc3ccc(Oc4ccc(OC)c(C=O)c4)cc3[C@H]3[C@H](CCCCO)[C@@H](CCCCO)C=C(C(=NOCC)C[C@@H]1N(C)C(=O)OCCOCc1ccccc1)[C@H]32. The van der Waals surface area contributed by atoms with Crippen LogP contribution in [0.15, 0.2) is 96.2 Å². The molecule has 0 bridgehead atoms. The minimum Gasteiger partial charge on any atom is -0.496 e. The van der Waals surface area contributed by atoms with Crippen molar-refractivity contribution in [2.45, 2.75) is 76.2 Å². The summed E-state index contributed by atoms with van der Waals surface area (Å²) in [5, 5.41) is 24.4. The van der Waals surface area contributed by atoms with Crippen LogP contribution >= 0.6 is 0 Å². The smallest absolute Gasteiger partial charge is 0.410 e. The Bertz CT molecular complexity index is 1990. The first kappa shape index (κ1) is 45.3. The maximum Gasteiger partial charge on any atom is 0.410 e. The summed E-state index contributed by atoms with van der Waals surface area (Å²) in [6.45, 7) is 7.14. The minimum atomic E-state index is -1.43. The second kappa shape index (κ2) is 22.1. The zero-order valence-corrected chi connectivity index (χ0v) is 35.5. The number of ether oxygens (including phenoxy) is 6. The third kappa shape index (κ3) is 10.5. The number of hydrogen-bond donors (Lipinski definition) is 2. The number of allylic oxidation sites excluding steroid dienone is 1. The number of benzene rings is 3. The summed E-state index contributed by atoms with van der Waals surface area (Å²) in [4.78, 5) is 33.3. The first-order valence-corrected chi connectivity index (χ1v) is 21.3. The van der Waals surface area contributed by atoms with Gasteiger partial charge in [0.15, 0.2) is 6.29 Å². The molecule has 0 radical (unpaired) electrons. The second-order valence-corrected chi connectivity index (χ2v) is 15.6. The Kier molecular flexibility index (Phi) is 16.4. The van der Waals surface area contributed by atoms with Crippen LogP contribution in [0.3, 0.4) is 0 Å². The van der Waals surface area contributed by atoms with Gasteiger partial charge >= 0.3 is 6.09 Å². The van der Waals surface area contributed by atoms with E-state index in [1.54, 1.807) is 36.2 Å². The van der Waals surface area contributed by atoms with E-state index in [0.29, 0.717) is 60.3 Å². The molecule has 6 atom stereocenters. The van der Waals surface area contributed by atoms with E-state index in [-0.39, 0.29) is 57.2 Å². The second-order valence-electron chi connectivity index (χ2n) is 15.6. The predicted molar refractivity (Wildman–Crippen MR) is 230 cm³/mol. The Balaban J connectivity index is 1.44. The molecule has 1 amide bonds. The summed E-state index contributed by atoms with van der Waals surface area (Å²) in [6.07, 6.45) is 8.85. The van der Waals surface area contributed by atoms with Crippen LogP contribution in [0.5, 0.6) is 23.0 Å². The molecule has 1 saturated carbocycles. The molecular weight excluding hydrogens is 781 g/mol. The number of carbonyl (C=O) groups is 2. The summed E-state index contributed by atoms with van der Waals surface area (Å²) in [5.41, 5.74) is 3.89. The van der Waals surface area contributed by atoms with E-state index >= 15 is 0 Å². The molecule has 2 N–H and O–H groups in total. The molecule has 2 aliphatic carbocycles. The van der Waals surface area contributed by atoms with Gasteiger partial charge in [-0.15, -0.1) is 6.58 Å². The lowest BCUT2D eigenvalue weighted by molar-refractivity contribution is -0.253. The summed E-state index contributed by atoms with van der Waals surface area (Å²) in [6, 6.07) is 19.8. The summed E-state index contributed by atoms with van der Waals surface area (Å²) >= 11 is 0. The van der Waals surface area contributed by atoms with Crippen LogP contribution in [0, 0.1) is 17.8 Å². The van der Waals surface area contributed by atoms with Gasteiger partial charge in [0.1, 0.15) is 42.3 Å². The van der Waals surface area contributed by atoms with Crippen molar-refractivity contribution in [2.75, 3.05) is 53.8 Å². The molecule has 13 heteroatoms. The van der Waals surface area contributed by atoms with Crippen molar-refractivity contribution in [1.29, 1.82) is 0 Å². The Hall–Kier alpha value is -5.21. The number of aldehydes is 1.